The Morgan fingerprint density at radius 2 is 2.35 bits per heavy atom. The second-order valence-electron chi connectivity index (χ2n) is 4.96. The van der Waals surface area contributed by atoms with Crippen molar-refractivity contribution in [1.29, 1.82) is 0 Å². The first kappa shape index (κ1) is 18.7. The van der Waals surface area contributed by atoms with Gasteiger partial charge in [-0.3, -0.25) is 9.69 Å². The molecule has 1 unspecified atom stereocenters. The number of cyclic esters (lactones) is 1. The molecule has 0 radical (unpaired) electrons. The summed E-state index contributed by atoms with van der Waals surface area (Å²) in [4.78, 5) is 24.2. The first-order valence-corrected chi connectivity index (χ1v) is 7.40. The van der Waals surface area contributed by atoms with Crippen molar-refractivity contribution in [3.63, 3.8) is 0 Å². The number of carbonyl (C=O) groups is 2. The van der Waals surface area contributed by atoms with Crippen LogP contribution in [0, 0.1) is 12.3 Å². The number of allylic oxidation sites excluding steroid dienone is 2. The number of halogens is 1. The summed E-state index contributed by atoms with van der Waals surface area (Å²) in [7, 11) is 0. The van der Waals surface area contributed by atoms with Crippen molar-refractivity contribution in [2.45, 2.75) is 26.4 Å². The number of hydrogen-bond acceptors (Lipinski definition) is 4. The Morgan fingerprint density at radius 3 is 2.96 bits per heavy atom. The number of nitrogens with zero attached hydrogens (tertiary/aromatic N) is 1. The van der Waals surface area contributed by atoms with Crippen molar-refractivity contribution in [3.8, 4) is 12.3 Å². The second kappa shape index (κ2) is 9.64. The fourth-order valence-corrected chi connectivity index (χ4v) is 1.96. The Kier molecular flexibility index (Phi) is 7.84. The van der Waals surface area contributed by atoms with Crippen molar-refractivity contribution in [3.05, 3.63) is 23.7 Å². The van der Waals surface area contributed by atoms with Crippen LogP contribution in [0.4, 0.5) is 9.18 Å². The summed E-state index contributed by atoms with van der Waals surface area (Å²) >= 11 is 0. The number of hydrogen-bond donors (Lipinski definition) is 2. The molecule has 2 amide bonds. The molecule has 1 aliphatic heterocycles. The van der Waals surface area contributed by atoms with Crippen molar-refractivity contribution in [2.24, 2.45) is 0 Å². The van der Waals surface area contributed by atoms with Gasteiger partial charge in [-0.1, -0.05) is 6.92 Å². The van der Waals surface area contributed by atoms with Crippen LogP contribution in [-0.4, -0.2) is 49.2 Å². The lowest BCUT2D eigenvalue weighted by Crippen LogP contribution is -2.33. The van der Waals surface area contributed by atoms with Gasteiger partial charge in [-0.05, 0) is 18.7 Å². The molecule has 2 N–H and O–H groups in total. The van der Waals surface area contributed by atoms with Crippen LogP contribution in [0.1, 0.15) is 20.3 Å². The van der Waals surface area contributed by atoms with Gasteiger partial charge in [-0.25, -0.2) is 9.18 Å². The highest BCUT2D eigenvalue weighted by atomic mass is 19.1. The zero-order valence-corrected chi connectivity index (χ0v) is 13.4. The summed E-state index contributed by atoms with van der Waals surface area (Å²) in [5.74, 6) is 1.81. The van der Waals surface area contributed by atoms with E-state index in [1.807, 2.05) is 6.92 Å². The molecule has 0 bridgehead atoms. The van der Waals surface area contributed by atoms with Gasteiger partial charge in [-0.15, -0.1) is 12.3 Å². The fourth-order valence-electron chi connectivity index (χ4n) is 1.96. The monoisotopic (exact) mass is 323 g/mol. The van der Waals surface area contributed by atoms with E-state index in [2.05, 4.69) is 16.6 Å². The Hall–Kier alpha value is -2.33. The maximum atomic E-state index is 13.9. The number of terminal acetylenes is 1. The Balaban J connectivity index is 2.81. The average molecular weight is 323 g/mol. The lowest BCUT2D eigenvalue weighted by atomic mass is 10.2. The summed E-state index contributed by atoms with van der Waals surface area (Å²) in [5.41, 5.74) is 0.355. The van der Waals surface area contributed by atoms with Gasteiger partial charge in [-0.2, -0.15) is 0 Å². The van der Waals surface area contributed by atoms with E-state index in [1.165, 1.54) is 17.9 Å². The van der Waals surface area contributed by atoms with Gasteiger partial charge in [0, 0.05) is 25.6 Å². The number of ether oxygens (including phenoxy) is 1. The molecule has 0 aliphatic carbocycles. The third-order valence-corrected chi connectivity index (χ3v) is 3.04. The van der Waals surface area contributed by atoms with E-state index in [4.69, 9.17) is 11.2 Å². The molecule has 6 nitrogen and oxygen atoms in total. The van der Waals surface area contributed by atoms with Gasteiger partial charge in [0.1, 0.15) is 11.9 Å². The third-order valence-electron chi connectivity index (χ3n) is 3.04. The van der Waals surface area contributed by atoms with E-state index in [-0.39, 0.29) is 32.0 Å². The smallest absolute Gasteiger partial charge is 0.414 e. The van der Waals surface area contributed by atoms with Gasteiger partial charge in [0.25, 0.3) is 0 Å². The summed E-state index contributed by atoms with van der Waals surface area (Å²) in [6.07, 6.45) is 7.28. The van der Waals surface area contributed by atoms with E-state index in [0.717, 1.165) is 0 Å². The number of rotatable bonds is 8. The molecule has 1 aliphatic rings. The molecule has 1 fully saturated rings. The lowest BCUT2D eigenvalue weighted by Gasteiger charge is -2.15. The molecule has 7 heteroatoms. The summed E-state index contributed by atoms with van der Waals surface area (Å²) in [6, 6.07) is 0. The molecule has 0 spiro atoms. The summed E-state index contributed by atoms with van der Waals surface area (Å²) < 4.78 is 19.0. The molecule has 1 saturated heterocycles. The number of likely N-dealkylation sites (N-methyl/N-ethyl adjacent to an activating group) is 1. The summed E-state index contributed by atoms with van der Waals surface area (Å²) in [5, 5.41) is 5.45. The molecule has 126 valence electrons. The highest BCUT2D eigenvalue weighted by Gasteiger charge is 2.33. The number of carbonyl (C=O) groups excluding carboxylic acids is 2. The molecule has 23 heavy (non-hydrogen) atoms. The highest BCUT2D eigenvalue weighted by molar-refractivity contribution is 5.74. The molecular formula is C16H22FN3O3. The molecule has 0 saturated carbocycles. The molecule has 0 aromatic rings. The maximum Gasteiger partial charge on any atom is 0.414 e. The minimum atomic E-state index is -0.587. The predicted molar refractivity (Wildman–Crippen MR) is 84.9 cm³/mol. The van der Waals surface area contributed by atoms with E-state index in [9.17, 15) is 14.0 Å². The Bertz CT molecular complexity index is 537. The fraction of sp³-hybridized carbons (Fsp3) is 0.500. The van der Waals surface area contributed by atoms with Crippen LogP contribution in [0.25, 0.3) is 0 Å². The molecule has 0 aromatic heterocycles. The normalized spacial score (nSPS) is 18.6. The van der Waals surface area contributed by atoms with Crippen LogP contribution >= 0.6 is 0 Å². The van der Waals surface area contributed by atoms with Crippen LogP contribution in [-0.2, 0) is 9.53 Å². The highest BCUT2D eigenvalue weighted by Crippen LogP contribution is 2.19. The Morgan fingerprint density at radius 1 is 1.61 bits per heavy atom. The van der Waals surface area contributed by atoms with E-state index in [1.54, 1.807) is 6.08 Å². The van der Waals surface area contributed by atoms with Crippen LogP contribution in [0.5, 0.6) is 0 Å². The first-order valence-electron chi connectivity index (χ1n) is 7.40. The lowest BCUT2D eigenvalue weighted by molar-refractivity contribution is -0.119. The van der Waals surface area contributed by atoms with E-state index in [0.29, 0.717) is 12.2 Å². The summed E-state index contributed by atoms with van der Waals surface area (Å²) in [6.45, 7) is 4.39. The molecule has 1 heterocycles. The SMILES string of the molecule is C#CC/C=C(\C=C(\F)CNCC)N1CC(CNC(C)=O)OC1=O. The van der Waals surface area contributed by atoms with Gasteiger partial charge >= 0.3 is 6.09 Å². The van der Waals surface area contributed by atoms with Gasteiger partial charge in [0.15, 0.2) is 0 Å². The standard InChI is InChI=1S/C16H22FN3O3/c1-4-6-7-14(8-13(17)9-18-5-2)20-11-15(23-16(20)22)10-19-12(3)21/h1,7-8,15,18H,5-6,9-11H2,2-3H3,(H,19,21)/b13-8+,14-7+. The van der Waals surface area contributed by atoms with Gasteiger partial charge in [0.05, 0.1) is 13.1 Å². The van der Waals surface area contributed by atoms with Crippen molar-refractivity contribution < 1.29 is 18.7 Å². The van der Waals surface area contributed by atoms with Crippen LogP contribution in [0.2, 0.25) is 0 Å². The van der Waals surface area contributed by atoms with Crippen molar-refractivity contribution in [1.82, 2.24) is 15.5 Å². The van der Waals surface area contributed by atoms with E-state index >= 15 is 0 Å². The van der Waals surface area contributed by atoms with Crippen LogP contribution in [0.3, 0.4) is 0 Å². The minimum Gasteiger partial charge on any atom is -0.442 e. The molecule has 1 atom stereocenters. The second-order valence-corrected chi connectivity index (χ2v) is 4.96. The van der Waals surface area contributed by atoms with Gasteiger partial charge in [0.2, 0.25) is 5.91 Å². The minimum absolute atomic E-state index is 0.0715. The number of amides is 2. The van der Waals surface area contributed by atoms with Crippen molar-refractivity contribution >= 4 is 12.0 Å². The zero-order valence-electron chi connectivity index (χ0n) is 13.4. The largest absolute Gasteiger partial charge is 0.442 e. The van der Waals surface area contributed by atoms with Crippen LogP contribution < -0.4 is 10.6 Å². The maximum absolute atomic E-state index is 13.9. The average Bonchev–Trinajstić information content (AvgIpc) is 2.88. The zero-order chi connectivity index (χ0) is 17.2. The molecule has 1 rings (SSSR count). The third kappa shape index (κ3) is 6.53. The van der Waals surface area contributed by atoms with E-state index < -0.39 is 18.0 Å². The van der Waals surface area contributed by atoms with Crippen molar-refractivity contribution in [2.75, 3.05) is 26.2 Å². The topological polar surface area (TPSA) is 70.7 Å². The first-order chi connectivity index (χ1) is 11.0. The number of nitrogens with one attached hydrogen (secondary N) is 2. The Labute approximate surface area is 135 Å². The molecule has 0 aromatic carbocycles. The predicted octanol–water partition coefficient (Wildman–Crippen LogP) is 1.31. The van der Waals surface area contributed by atoms with Gasteiger partial charge < -0.3 is 15.4 Å². The quantitative estimate of drug-likeness (QED) is 0.522. The van der Waals surface area contributed by atoms with Crippen LogP contribution in [0.15, 0.2) is 23.7 Å². The molecular weight excluding hydrogens is 301 g/mol.